The summed E-state index contributed by atoms with van der Waals surface area (Å²) in [4.78, 5) is 20.8. The molecule has 0 bridgehead atoms. The van der Waals surface area contributed by atoms with Crippen LogP contribution < -0.4 is 0 Å². The van der Waals surface area contributed by atoms with Crippen molar-refractivity contribution in [3.63, 3.8) is 0 Å². The highest BCUT2D eigenvalue weighted by molar-refractivity contribution is 5.78. The maximum absolute atomic E-state index is 12.4. The zero-order valence-corrected chi connectivity index (χ0v) is 14.7. The summed E-state index contributed by atoms with van der Waals surface area (Å²) in [6.45, 7) is 11.9. The van der Waals surface area contributed by atoms with Crippen LogP contribution in [0.25, 0.3) is 0 Å². The standard InChI is InChI=1S/C18H29N3O2/c1-14-5-6-15(12-19-14)11-17(23)21-9-7-20(8-10-21)13-16(22)18(2,3)4/h5-6,12,16,22H,7-11,13H2,1-4H3/t16-/m0/s1. The van der Waals surface area contributed by atoms with Gasteiger partial charge in [-0.25, -0.2) is 0 Å². The maximum Gasteiger partial charge on any atom is 0.227 e. The molecule has 1 aromatic rings. The molecule has 0 aliphatic carbocycles. The number of pyridine rings is 1. The molecular formula is C18H29N3O2. The molecule has 5 nitrogen and oxygen atoms in total. The topological polar surface area (TPSA) is 56.7 Å². The molecule has 0 unspecified atom stereocenters. The third-order valence-electron chi connectivity index (χ3n) is 4.48. The highest BCUT2D eigenvalue weighted by atomic mass is 16.3. The molecule has 1 aliphatic heterocycles. The number of aryl methyl sites for hydroxylation is 1. The Labute approximate surface area is 139 Å². The summed E-state index contributed by atoms with van der Waals surface area (Å²) in [5, 5.41) is 10.2. The van der Waals surface area contributed by atoms with Crippen molar-refractivity contribution < 1.29 is 9.90 Å². The lowest BCUT2D eigenvalue weighted by atomic mass is 9.89. The van der Waals surface area contributed by atoms with Gasteiger partial charge in [-0.15, -0.1) is 0 Å². The van der Waals surface area contributed by atoms with Crippen LogP contribution in [0.15, 0.2) is 18.3 Å². The van der Waals surface area contributed by atoms with Gasteiger partial charge in [0.2, 0.25) is 5.91 Å². The highest BCUT2D eigenvalue weighted by Crippen LogP contribution is 2.20. The van der Waals surface area contributed by atoms with Gasteiger partial charge in [-0.3, -0.25) is 14.7 Å². The molecule has 2 rings (SSSR count). The Morgan fingerprint density at radius 1 is 1.26 bits per heavy atom. The number of carbonyl (C=O) groups excluding carboxylic acids is 1. The molecule has 1 aliphatic rings. The molecule has 0 radical (unpaired) electrons. The first-order chi connectivity index (χ1) is 10.8. The second kappa shape index (κ2) is 7.41. The largest absolute Gasteiger partial charge is 0.391 e. The zero-order chi connectivity index (χ0) is 17.0. The summed E-state index contributed by atoms with van der Waals surface area (Å²) >= 11 is 0. The monoisotopic (exact) mass is 319 g/mol. The van der Waals surface area contributed by atoms with E-state index in [-0.39, 0.29) is 17.4 Å². The van der Waals surface area contributed by atoms with Crippen LogP contribution >= 0.6 is 0 Å². The van der Waals surface area contributed by atoms with Crippen molar-refractivity contribution in [3.05, 3.63) is 29.6 Å². The van der Waals surface area contributed by atoms with Gasteiger partial charge in [-0.05, 0) is 24.0 Å². The minimum atomic E-state index is -0.344. The zero-order valence-electron chi connectivity index (χ0n) is 14.7. The fourth-order valence-electron chi connectivity index (χ4n) is 2.59. The van der Waals surface area contributed by atoms with Crippen molar-refractivity contribution in [2.24, 2.45) is 5.41 Å². The number of rotatable bonds is 4. The third kappa shape index (κ3) is 5.29. The summed E-state index contributed by atoms with van der Waals surface area (Å²) < 4.78 is 0. The molecule has 2 heterocycles. The van der Waals surface area contributed by atoms with Gasteiger partial charge in [0, 0.05) is 44.6 Å². The van der Waals surface area contributed by atoms with Crippen molar-refractivity contribution in [1.29, 1.82) is 0 Å². The number of carbonyl (C=O) groups is 1. The lowest BCUT2D eigenvalue weighted by Gasteiger charge is -2.38. The van der Waals surface area contributed by atoms with Crippen molar-refractivity contribution in [1.82, 2.24) is 14.8 Å². The van der Waals surface area contributed by atoms with Gasteiger partial charge in [-0.2, -0.15) is 0 Å². The van der Waals surface area contributed by atoms with Crippen molar-refractivity contribution in [3.8, 4) is 0 Å². The van der Waals surface area contributed by atoms with Crippen LogP contribution in [0.3, 0.4) is 0 Å². The van der Waals surface area contributed by atoms with E-state index < -0.39 is 0 Å². The number of hydrogen-bond donors (Lipinski definition) is 1. The van der Waals surface area contributed by atoms with Crippen LogP contribution in [0.2, 0.25) is 0 Å². The maximum atomic E-state index is 12.4. The predicted molar refractivity (Wildman–Crippen MR) is 91.2 cm³/mol. The number of piperazine rings is 1. The molecule has 1 N–H and O–H groups in total. The van der Waals surface area contributed by atoms with E-state index in [0.717, 1.165) is 37.4 Å². The summed E-state index contributed by atoms with van der Waals surface area (Å²) in [5.74, 6) is 0.159. The molecule has 0 aromatic carbocycles. The molecule has 1 aromatic heterocycles. The summed E-state index contributed by atoms with van der Waals surface area (Å²) in [7, 11) is 0. The van der Waals surface area contributed by atoms with E-state index in [0.29, 0.717) is 13.0 Å². The van der Waals surface area contributed by atoms with E-state index in [1.165, 1.54) is 0 Å². The van der Waals surface area contributed by atoms with Gasteiger partial charge in [0.25, 0.3) is 0 Å². The number of aromatic nitrogens is 1. The Morgan fingerprint density at radius 2 is 1.91 bits per heavy atom. The molecule has 128 valence electrons. The van der Waals surface area contributed by atoms with Crippen molar-refractivity contribution in [2.45, 2.75) is 40.2 Å². The van der Waals surface area contributed by atoms with Gasteiger partial charge >= 0.3 is 0 Å². The number of nitrogens with zero attached hydrogens (tertiary/aromatic N) is 3. The van der Waals surface area contributed by atoms with Crippen LogP contribution in [0.1, 0.15) is 32.0 Å². The van der Waals surface area contributed by atoms with Gasteiger partial charge in [-0.1, -0.05) is 26.8 Å². The van der Waals surface area contributed by atoms with E-state index in [4.69, 9.17) is 0 Å². The predicted octanol–water partition coefficient (Wildman–Crippen LogP) is 1.48. The first-order valence-electron chi connectivity index (χ1n) is 8.35. The van der Waals surface area contributed by atoms with Gasteiger partial charge < -0.3 is 10.0 Å². The normalized spacial score (nSPS) is 18.0. The van der Waals surface area contributed by atoms with E-state index in [9.17, 15) is 9.90 Å². The molecule has 1 atom stereocenters. The number of aliphatic hydroxyl groups excluding tert-OH is 1. The smallest absolute Gasteiger partial charge is 0.227 e. The number of amides is 1. The van der Waals surface area contributed by atoms with Crippen LogP contribution in [0.4, 0.5) is 0 Å². The molecule has 23 heavy (non-hydrogen) atoms. The van der Waals surface area contributed by atoms with Crippen LogP contribution in [0.5, 0.6) is 0 Å². The second-order valence-corrected chi connectivity index (χ2v) is 7.55. The Balaban J connectivity index is 1.79. The highest BCUT2D eigenvalue weighted by Gasteiger charge is 2.27. The lowest BCUT2D eigenvalue weighted by Crippen LogP contribution is -2.52. The Bertz CT molecular complexity index is 514. The fourth-order valence-corrected chi connectivity index (χ4v) is 2.59. The number of β-amino-alcohol motifs (C(OH)–C–C–N with tert-alkyl or cyclic N) is 1. The molecule has 1 fully saturated rings. The molecule has 0 spiro atoms. The fraction of sp³-hybridized carbons (Fsp3) is 0.667. The van der Waals surface area contributed by atoms with E-state index >= 15 is 0 Å². The summed E-state index contributed by atoms with van der Waals surface area (Å²) in [5.41, 5.74) is 1.82. The minimum Gasteiger partial charge on any atom is -0.391 e. The average molecular weight is 319 g/mol. The number of hydrogen-bond acceptors (Lipinski definition) is 4. The molecular weight excluding hydrogens is 290 g/mol. The average Bonchev–Trinajstić information content (AvgIpc) is 2.49. The molecule has 0 saturated carbocycles. The van der Waals surface area contributed by atoms with Crippen LogP contribution in [-0.4, -0.2) is 64.6 Å². The van der Waals surface area contributed by atoms with Crippen molar-refractivity contribution in [2.75, 3.05) is 32.7 Å². The first kappa shape index (κ1) is 17.9. The molecule has 1 saturated heterocycles. The molecule has 5 heteroatoms. The SMILES string of the molecule is Cc1ccc(CC(=O)N2CCN(C[C@H](O)C(C)(C)C)CC2)cn1. The van der Waals surface area contributed by atoms with Crippen molar-refractivity contribution >= 4 is 5.91 Å². The van der Waals surface area contributed by atoms with Gasteiger partial charge in [0.05, 0.1) is 12.5 Å². The lowest BCUT2D eigenvalue weighted by molar-refractivity contribution is -0.132. The van der Waals surface area contributed by atoms with Crippen LogP contribution in [-0.2, 0) is 11.2 Å². The van der Waals surface area contributed by atoms with E-state index in [2.05, 4.69) is 9.88 Å². The Kier molecular flexibility index (Phi) is 5.76. The molecule has 1 amide bonds. The van der Waals surface area contributed by atoms with E-state index in [1.54, 1.807) is 6.20 Å². The summed E-state index contributed by atoms with van der Waals surface area (Å²) in [6.07, 6.45) is 1.85. The summed E-state index contributed by atoms with van der Waals surface area (Å²) in [6, 6.07) is 3.91. The first-order valence-corrected chi connectivity index (χ1v) is 8.35. The third-order valence-corrected chi connectivity index (χ3v) is 4.48. The van der Waals surface area contributed by atoms with E-state index in [1.807, 2.05) is 44.7 Å². The van der Waals surface area contributed by atoms with Gasteiger partial charge in [0.15, 0.2) is 0 Å². The Morgan fingerprint density at radius 3 is 2.43 bits per heavy atom. The van der Waals surface area contributed by atoms with Crippen LogP contribution in [0, 0.1) is 12.3 Å². The quantitative estimate of drug-likeness (QED) is 0.913. The minimum absolute atomic E-state index is 0.106. The van der Waals surface area contributed by atoms with Gasteiger partial charge in [0.1, 0.15) is 0 Å². The second-order valence-electron chi connectivity index (χ2n) is 7.55. The number of aliphatic hydroxyl groups is 1. The Hall–Kier alpha value is -1.46.